The van der Waals surface area contributed by atoms with E-state index in [0.717, 1.165) is 0 Å². The van der Waals surface area contributed by atoms with Crippen molar-refractivity contribution in [2.45, 2.75) is 12.1 Å². The Labute approximate surface area is 61.4 Å². The van der Waals surface area contributed by atoms with Gasteiger partial charge in [-0.3, -0.25) is 14.4 Å². The van der Waals surface area contributed by atoms with E-state index in [1.54, 1.807) is 0 Å². The number of aliphatic carboxylic acids is 1. The van der Waals surface area contributed by atoms with Crippen molar-refractivity contribution in [3.05, 3.63) is 0 Å². The highest BCUT2D eigenvalue weighted by Gasteiger charge is 2.43. The van der Waals surface area contributed by atoms with Gasteiger partial charge in [-0.15, -0.1) is 0 Å². The molecule has 60 valence electrons. The van der Waals surface area contributed by atoms with E-state index in [1.807, 2.05) is 0 Å². The fraction of sp³-hybridized carbons (Fsp3) is 0.400. The van der Waals surface area contributed by atoms with E-state index in [4.69, 9.17) is 10.8 Å². The highest BCUT2D eigenvalue weighted by Crippen LogP contribution is 2.02. The maximum Gasteiger partial charge on any atom is 0.323 e. The molecule has 6 nitrogen and oxygen atoms in total. The van der Waals surface area contributed by atoms with Gasteiger partial charge < -0.3 is 16.2 Å². The van der Waals surface area contributed by atoms with Crippen LogP contribution >= 0.6 is 0 Å². The molecule has 0 radical (unpaired) electrons. The third-order valence-electron chi connectivity index (χ3n) is 1.44. The van der Waals surface area contributed by atoms with Gasteiger partial charge in [0.15, 0.2) is 0 Å². The van der Waals surface area contributed by atoms with E-state index in [1.165, 1.54) is 0 Å². The molecule has 11 heavy (non-hydrogen) atoms. The molecule has 0 aromatic carbocycles. The lowest BCUT2D eigenvalue weighted by Crippen LogP contribution is -2.68. The van der Waals surface area contributed by atoms with Crippen LogP contribution in [0, 0.1) is 0 Å². The van der Waals surface area contributed by atoms with Gasteiger partial charge in [-0.05, 0) is 0 Å². The molecule has 0 unspecified atom stereocenters. The Hall–Kier alpha value is -1.43. The SMILES string of the molecule is N[C@H](C(=O)O)[C@@H]1NC(=O)C1=O. The topological polar surface area (TPSA) is 109 Å². The number of amides is 1. The molecule has 1 aliphatic rings. The normalized spacial score (nSPS) is 25.4. The number of carbonyl (C=O) groups excluding carboxylic acids is 2. The first-order valence-electron chi connectivity index (χ1n) is 2.87. The molecule has 0 saturated carbocycles. The summed E-state index contributed by atoms with van der Waals surface area (Å²) in [5.41, 5.74) is 5.04. The zero-order valence-corrected chi connectivity index (χ0v) is 5.40. The zero-order valence-electron chi connectivity index (χ0n) is 5.40. The molecule has 0 spiro atoms. The summed E-state index contributed by atoms with van der Waals surface area (Å²) in [7, 11) is 0. The minimum Gasteiger partial charge on any atom is -0.480 e. The Morgan fingerprint density at radius 1 is 1.64 bits per heavy atom. The van der Waals surface area contributed by atoms with Gasteiger partial charge in [0.25, 0.3) is 5.91 Å². The molecule has 0 bridgehead atoms. The molecule has 1 amide bonds. The van der Waals surface area contributed by atoms with Crippen LogP contribution in [0.2, 0.25) is 0 Å². The van der Waals surface area contributed by atoms with Gasteiger partial charge >= 0.3 is 5.97 Å². The quantitative estimate of drug-likeness (QED) is 0.303. The number of hydrogen-bond donors (Lipinski definition) is 3. The average molecular weight is 158 g/mol. The van der Waals surface area contributed by atoms with Crippen molar-refractivity contribution in [3.8, 4) is 0 Å². The average Bonchev–Trinajstić information content (AvgIpc) is 1.98. The van der Waals surface area contributed by atoms with Gasteiger partial charge in [-0.25, -0.2) is 0 Å². The summed E-state index contributed by atoms with van der Waals surface area (Å²) in [6, 6.07) is -2.37. The van der Waals surface area contributed by atoms with Crippen molar-refractivity contribution in [2.75, 3.05) is 0 Å². The summed E-state index contributed by atoms with van der Waals surface area (Å²) in [6.07, 6.45) is 0. The molecule has 0 aliphatic carbocycles. The smallest absolute Gasteiger partial charge is 0.323 e. The maximum absolute atomic E-state index is 10.6. The largest absolute Gasteiger partial charge is 0.480 e. The minimum absolute atomic E-state index is 0.764. The molecule has 1 heterocycles. The molecule has 1 aliphatic heterocycles. The van der Waals surface area contributed by atoms with Crippen molar-refractivity contribution in [3.63, 3.8) is 0 Å². The molecule has 6 heteroatoms. The van der Waals surface area contributed by atoms with Crippen LogP contribution in [0.5, 0.6) is 0 Å². The van der Waals surface area contributed by atoms with Gasteiger partial charge in [0.1, 0.15) is 12.1 Å². The molecule has 2 atom stereocenters. The van der Waals surface area contributed by atoms with Crippen LogP contribution in [0.4, 0.5) is 0 Å². The second kappa shape index (κ2) is 2.31. The predicted molar refractivity (Wildman–Crippen MR) is 32.5 cm³/mol. The minimum atomic E-state index is -1.33. The number of ketones is 1. The number of β-lactam (4-membered cyclic amide) rings is 1. The first-order chi connectivity index (χ1) is 5.04. The van der Waals surface area contributed by atoms with Crippen LogP contribution in [0.15, 0.2) is 0 Å². The third kappa shape index (κ3) is 1.07. The van der Waals surface area contributed by atoms with Crippen molar-refractivity contribution < 1.29 is 19.5 Å². The first kappa shape index (κ1) is 7.67. The maximum atomic E-state index is 10.6. The summed E-state index contributed by atoms with van der Waals surface area (Å²) < 4.78 is 0. The molecule has 4 N–H and O–H groups in total. The summed E-state index contributed by atoms with van der Waals surface area (Å²) in [5, 5.41) is 10.4. The number of carbonyl (C=O) groups is 3. The van der Waals surface area contributed by atoms with Gasteiger partial charge in [0.2, 0.25) is 5.78 Å². The van der Waals surface area contributed by atoms with Crippen molar-refractivity contribution in [2.24, 2.45) is 5.73 Å². The Morgan fingerprint density at radius 2 is 2.18 bits per heavy atom. The molecular weight excluding hydrogens is 152 g/mol. The Kier molecular flexibility index (Phi) is 1.61. The number of hydrogen-bond acceptors (Lipinski definition) is 4. The number of carboxylic acid groups (broad SMARTS) is 1. The fourth-order valence-electron chi connectivity index (χ4n) is 0.737. The van der Waals surface area contributed by atoms with Crippen molar-refractivity contribution in [1.29, 1.82) is 0 Å². The standard InChI is InChI=1S/C5H6N2O4/c6-1(5(10)11)2-3(8)4(9)7-2/h1-2H,6H2,(H,7,9)(H,10,11)/t1-,2-/m0/s1. The number of carboxylic acids is 1. The number of nitrogens with two attached hydrogens (primary N) is 1. The molecule has 1 fully saturated rings. The first-order valence-corrected chi connectivity index (χ1v) is 2.87. The van der Waals surface area contributed by atoms with Crippen molar-refractivity contribution in [1.82, 2.24) is 5.32 Å². The summed E-state index contributed by atoms with van der Waals surface area (Å²) in [4.78, 5) is 31.0. The Morgan fingerprint density at radius 3 is 2.45 bits per heavy atom. The number of Topliss-reactive ketones (excluding diaryl/α,β-unsaturated/α-hetero) is 1. The fourth-order valence-corrected chi connectivity index (χ4v) is 0.737. The van der Waals surface area contributed by atoms with E-state index in [9.17, 15) is 14.4 Å². The molecule has 0 aromatic heterocycles. The second-order valence-electron chi connectivity index (χ2n) is 2.18. The van der Waals surface area contributed by atoms with E-state index < -0.39 is 29.7 Å². The summed E-state index contributed by atoms with van der Waals surface area (Å²) in [6.45, 7) is 0. The van der Waals surface area contributed by atoms with Gasteiger partial charge in [-0.1, -0.05) is 0 Å². The van der Waals surface area contributed by atoms with Crippen LogP contribution in [-0.4, -0.2) is 34.8 Å². The summed E-state index contributed by atoms with van der Waals surface area (Å²) in [5.74, 6) is -2.84. The van der Waals surface area contributed by atoms with Crippen LogP contribution in [0.1, 0.15) is 0 Å². The van der Waals surface area contributed by atoms with Gasteiger partial charge in [0, 0.05) is 0 Å². The lowest BCUT2D eigenvalue weighted by atomic mass is 9.97. The lowest BCUT2D eigenvalue weighted by Gasteiger charge is -2.27. The monoisotopic (exact) mass is 158 g/mol. The molecule has 1 saturated heterocycles. The molecule has 0 aromatic rings. The predicted octanol–water partition coefficient (Wildman–Crippen LogP) is -2.53. The van der Waals surface area contributed by atoms with Crippen LogP contribution in [-0.2, 0) is 14.4 Å². The number of nitrogens with one attached hydrogen (secondary N) is 1. The van der Waals surface area contributed by atoms with E-state index in [2.05, 4.69) is 5.32 Å². The molecule has 1 rings (SSSR count). The Balaban J connectivity index is 2.59. The number of rotatable bonds is 2. The molecular formula is C5H6N2O4. The zero-order chi connectivity index (χ0) is 8.59. The van der Waals surface area contributed by atoms with E-state index >= 15 is 0 Å². The second-order valence-corrected chi connectivity index (χ2v) is 2.18. The Bertz CT molecular complexity index is 237. The van der Waals surface area contributed by atoms with Gasteiger partial charge in [0.05, 0.1) is 0 Å². The van der Waals surface area contributed by atoms with Crippen LogP contribution in [0.3, 0.4) is 0 Å². The lowest BCUT2D eigenvalue weighted by molar-refractivity contribution is -0.151. The van der Waals surface area contributed by atoms with E-state index in [-0.39, 0.29) is 0 Å². The highest BCUT2D eigenvalue weighted by molar-refractivity contribution is 6.45. The van der Waals surface area contributed by atoms with Crippen LogP contribution in [0.25, 0.3) is 0 Å². The highest BCUT2D eigenvalue weighted by atomic mass is 16.4. The third-order valence-corrected chi connectivity index (χ3v) is 1.44. The van der Waals surface area contributed by atoms with Gasteiger partial charge in [-0.2, -0.15) is 0 Å². The van der Waals surface area contributed by atoms with E-state index in [0.29, 0.717) is 0 Å². The van der Waals surface area contributed by atoms with Crippen molar-refractivity contribution >= 4 is 17.7 Å². The van der Waals surface area contributed by atoms with Crippen LogP contribution < -0.4 is 11.1 Å². The summed E-state index contributed by atoms with van der Waals surface area (Å²) >= 11 is 0.